The Balaban J connectivity index is 2.47. The van der Waals surface area contributed by atoms with Crippen LogP contribution in [0.15, 0.2) is 23.6 Å². The predicted octanol–water partition coefficient (Wildman–Crippen LogP) is 1.88. The number of anilines is 1. The van der Waals surface area contributed by atoms with Crippen LogP contribution in [0, 0.1) is 0 Å². The minimum Gasteiger partial charge on any atom is -0.507 e. The molecule has 2 rings (SSSR count). The Hall–Kier alpha value is -2.08. The molecular formula is C11H10N2O3S. The first kappa shape index (κ1) is 11.4. The normalized spacial score (nSPS) is 10.2. The zero-order chi connectivity index (χ0) is 12.4. The molecule has 17 heavy (non-hydrogen) atoms. The molecule has 0 amide bonds. The summed E-state index contributed by atoms with van der Waals surface area (Å²) < 4.78 is 4.57. The Labute approximate surface area is 101 Å². The molecule has 0 bridgehead atoms. The van der Waals surface area contributed by atoms with Crippen molar-refractivity contribution in [2.75, 3.05) is 12.8 Å². The summed E-state index contributed by atoms with van der Waals surface area (Å²) in [5.41, 5.74) is 7.01. The van der Waals surface area contributed by atoms with Gasteiger partial charge in [0.25, 0.3) is 0 Å². The smallest absolute Gasteiger partial charge is 0.341 e. The first-order valence-corrected chi connectivity index (χ1v) is 5.62. The van der Waals surface area contributed by atoms with Gasteiger partial charge in [0.05, 0.1) is 12.8 Å². The van der Waals surface area contributed by atoms with E-state index in [1.807, 2.05) is 0 Å². The third-order valence-corrected chi connectivity index (χ3v) is 2.89. The molecule has 6 heteroatoms. The van der Waals surface area contributed by atoms with Gasteiger partial charge in [0.2, 0.25) is 0 Å². The third-order valence-electron chi connectivity index (χ3n) is 2.22. The number of phenols is 1. The SMILES string of the molecule is COC(=O)c1cc(-c2csc(N)n2)ccc1O. The third kappa shape index (κ3) is 2.21. The van der Waals surface area contributed by atoms with Crippen LogP contribution in [0.2, 0.25) is 0 Å². The molecule has 1 aromatic carbocycles. The number of aromatic hydroxyl groups is 1. The molecule has 88 valence electrons. The summed E-state index contributed by atoms with van der Waals surface area (Å²) in [6.45, 7) is 0. The number of esters is 1. The van der Waals surface area contributed by atoms with Gasteiger partial charge < -0.3 is 15.6 Å². The van der Waals surface area contributed by atoms with Gasteiger partial charge in [0, 0.05) is 10.9 Å². The molecule has 0 saturated heterocycles. The highest BCUT2D eigenvalue weighted by molar-refractivity contribution is 7.13. The number of nitrogens with zero attached hydrogens (tertiary/aromatic N) is 1. The van der Waals surface area contributed by atoms with Gasteiger partial charge in [-0.05, 0) is 18.2 Å². The van der Waals surface area contributed by atoms with Crippen molar-refractivity contribution in [3.8, 4) is 17.0 Å². The molecule has 0 fully saturated rings. The number of hydrogen-bond acceptors (Lipinski definition) is 6. The molecule has 1 heterocycles. The first-order valence-electron chi connectivity index (χ1n) is 4.74. The van der Waals surface area contributed by atoms with E-state index in [0.29, 0.717) is 16.4 Å². The molecule has 1 aromatic heterocycles. The molecule has 0 spiro atoms. The van der Waals surface area contributed by atoms with E-state index < -0.39 is 5.97 Å². The van der Waals surface area contributed by atoms with Crippen molar-refractivity contribution in [2.45, 2.75) is 0 Å². The van der Waals surface area contributed by atoms with Crippen molar-refractivity contribution >= 4 is 22.4 Å². The highest BCUT2D eigenvalue weighted by Crippen LogP contribution is 2.28. The summed E-state index contributed by atoms with van der Waals surface area (Å²) in [5, 5.41) is 11.8. The molecule has 0 saturated carbocycles. The van der Waals surface area contributed by atoms with Crippen molar-refractivity contribution in [1.82, 2.24) is 4.98 Å². The van der Waals surface area contributed by atoms with E-state index in [2.05, 4.69) is 9.72 Å². The number of rotatable bonds is 2. The zero-order valence-corrected chi connectivity index (χ0v) is 9.82. The van der Waals surface area contributed by atoms with Crippen LogP contribution in [0.4, 0.5) is 5.13 Å². The van der Waals surface area contributed by atoms with Gasteiger partial charge in [-0.1, -0.05) is 0 Å². The monoisotopic (exact) mass is 250 g/mol. The molecule has 2 aromatic rings. The van der Waals surface area contributed by atoms with Crippen molar-refractivity contribution in [2.24, 2.45) is 0 Å². The number of benzene rings is 1. The fourth-order valence-corrected chi connectivity index (χ4v) is 1.96. The highest BCUT2D eigenvalue weighted by atomic mass is 32.1. The number of methoxy groups -OCH3 is 1. The van der Waals surface area contributed by atoms with Gasteiger partial charge >= 0.3 is 5.97 Å². The fraction of sp³-hybridized carbons (Fsp3) is 0.0909. The van der Waals surface area contributed by atoms with E-state index >= 15 is 0 Å². The van der Waals surface area contributed by atoms with Gasteiger partial charge in [0.1, 0.15) is 11.3 Å². The zero-order valence-electron chi connectivity index (χ0n) is 9.01. The van der Waals surface area contributed by atoms with E-state index in [1.165, 1.54) is 30.6 Å². The number of hydrogen-bond donors (Lipinski definition) is 2. The van der Waals surface area contributed by atoms with Gasteiger partial charge in [-0.3, -0.25) is 0 Å². The number of carbonyl (C=O) groups excluding carboxylic acids is 1. The second-order valence-corrected chi connectivity index (χ2v) is 4.18. The number of ether oxygens (including phenoxy) is 1. The van der Waals surface area contributed by atoms with Gasteiger partial charge in [-0.25, -0.2) is 9.78 Å². The van der Waals surface area contributed by atoms with E-state index in [4.69, 9.17) is 5.73 Å². The van der Waals surface area contributed by atoms with E-state index in [9.17, 15) is 9.90 Å². The number of thiazole rings is 1. The number of nitrogen functional groups attached to an aromatic ring is 1. The van der Waals surface area contributed by atoms with Gasteiger partial charge in [-0.2, -0.15) is 0 Å². The van der Waals surface area contributed by atoms with Crippen LogP contribution < -0.4 is 5.73 Å². The summed E-state index contributed by atoms with van der Waals surface area (Å²) in [4.78, 5) is 15.5. The lowest BCUT2D eigenvalue weighted by Crippen LogP contribution is -2.01. The Morgan fingerprint density at radius 1 is 1.53 bits per heavy atom. The number of nitrogens with two attached hydrogens (primary N) is 1. The van der Waals surface area contributed by atoms with Crippen LogP contribution in [0.5, 0.6) is 5.75 Å². The van der Waals surface area contributed by atoms with Crippen molar-refractivity contribution in [1.29, 1.82) is 0 Å². The van der Waals surface area contributed by atoms with Crippen LogP contribution in [0.25, 0.3) is 11.3 Å². The number of phenolic OH excluding ortho intramolecular Hbond substituents is 1. The topological polar surface area (TPSA) is 85.4 Å². The van der Waals surface area contributed by atoms with Gasteiger partial charge in [0.15, 0.2) is 5.13 Å². The molecule has 0 unspecified atom stereocenters. The average Bonchev–Trinajstić information content (AvgIpc) is 2.75. The van der Waals surface area contributed by atoms with E-state index in [0.717, 1.165) is 0 Å². The average molecular weight is 250 g/mol. The first-order chi connectivity index (χ1) is 8.11. The Bertz CT molecular complexity index is 566. The maximum atomic E-state index is 11.4. The number of aromatic nitrogens is 1. The molecule has 0 atom stereocenters. The summed E-state index contributed by atoms with van der Waals surface area (Å²) in [6.07, 6.45) is 0. The van der Waals surface area contributed by atoms with E-state index in [1.54, 1.807) is 11.4 Å². The van der Waals surface area contributed by atoms with E-state index in [-0.39, 0.29) is 11.3 Å². The van der Waals surface area contributed by atoms with Crippen LogP contribution >= 0.6 is 11.3 Å². The lowest BCUT2D eigenvalue weighted by atomic mass is 10.1. The van der Waals surface area contributed by atoms with Crippen molar-refractivity contribution < 1.29 is 14.6 Å². The molecule has 0 aliphatic rings. The van der Waals surface area contributed by atoms with Crippen molar-refractivity contribution in [3.63, 3.8) is 0 Å². The fourth-order valence-electron chi connectivity index (χ4n) is 1.39. The molecule has 0 aliphatic heterocycles. The van der Waals surface area contributed by atoms with Gasteiger partial charge in [-0.15, -0.1) is 11.3 Å². The summed E-state index contributed by atoms with van der Waals surface area (Å²) in [5.74, 6) is -0.712. The summed E-state index contributed by atoms with van der Waals surface area (Å²) in [6, 6.07) is 4.61. The standard InChI is InChI=1S/C11H10N2O3S/c1-16-10(15)7-4-6(2-3-9(7)14)8-5-17-11(12)13-8/h2-5,14H,1H3,(H2,12,13). The molecule has 0 aliphatic carbocycles. The van der Waals surface area contributed by atoms with Crippen LogP contribution in [0.1, 0.15) is 10.4 Å². The Kier molecular flexibility index (Phi) is 2.97. The largest absolute Gasteiger partial charge is 0.507 e. The Morgan fingerprint density at radius 3 is 2.88 bits per heavy atom. The number of carbonyl (C=O) groups is 1. The maximum absolute atomic E-state index is 11.4. The second kappa shape index (κ2) is 4.42. The van der Waals surface area contributed by atoms with Crippen LogP contribution in [-0.2, 0) is 4.74 Å². The van der Waals surface area contributed by atoms with Crippen molar-refractivity contribution in [3.05, 3.63) is 29.1 Å². The predicted molar refractivity (Wildman–Crippen MR) is 65.0 cm³/mol. The lowest BCUT2D eigenvalue weighted by Gasteiger charge is -2.04. The molecule has 5 nitrogen and oxygen atoms in total. The molecule has 0 radical (unpaired) electrons. The minimum absolute atomic E-state index is 0.108. The Morgan fingerprint density at radius 2 is 2.29 bits per heavy atom. The lowest BCUT2D eigenvalue weighted by molar-refractivity contribution is 0.0597. The highest BCUT2D eigenvalue weighted by Gasteiger charge is 2.13. The quantitative estimate of drug-likeness (QED) is 0.795. The molecule has 3 N–H and O–H groups in total. The molecular weight excluding hydrogens is 240 g/mol. The van der Waals surface area contributed by atoms with Crippen LogP contribution in [-0.4, -0.2) is 23.2 Å². The summed E-state index contributed by atoms with van der Waals surface area (Å²) >= 11 is 1.31. The minimum atomic E-state index is -0.590. The second-order valence-electron chi connectivity index (χ2n) is 3.29. The summed E-state index contributed by atoms with van der Waals surface area (Å²) in [7, 11) is 1.26. The van der Waals surface area contributed by atoms with Crippen LogP contribution in [0.3, 0.4) is 0 Å². The maximum Gasteiger partial charge on any atom is 0.341 e.